The van der Waals surface area contributed by atoms with Gasteiger partial charge in [-0.15, -0.1) is 0 Å². The predicted molar refractivity (Wildman–Crippen MR) is 88.8 cm³/mol. The van der Waals surface area contributed by atoms with Crippen molar-refractivity contribution in [2.75, 3.05) is 12.4 Å². The normalized spacial score (nSPS) is 10.0. The van der Waals surface area contributed by atoms with E-state index in [0.717, 1.165) is 5.56 Å². The molecule has 0 aromatic heterocycles. The van der Waals surface area contributed by atoms with Gasteiger partial charge in [-0.3, -0.25) is 19.7 Å². The van der Waals surface area contributed by atoms with Crippen molar-refractivity contribution in [2.24, 2.45) is 5.73 Å². The first kappa shape index (κ1) is 16.9. The first-order valence-corrected chi connectivity index (χ1v) is 7.05. The zero-order chi connectivity index (χ0) is 17.7. The Kier molecular flexibility index (Phi) is 5.10. The Labute approximate surface area is 137 Å². The molecule has 0 aliphatic rings. The molecule has 2 aromatic carbocycles. The zero-order valence-electron chi connectivity index (χ0n) is 12.9. The van der Waals surface area contributed by atoms with Crippen molar-refractivity contribution >= 4 is 23.2 Å². The number of benzene rings is 2. The number of carbonyl (C=O) groups excluding carboxylic acids is 2. The first-order chi connectivity index (χ1) is 11.4. The third-order valence-corrected chi connectivity index (χ3v) is 3.42. The van der Waals surface area contributed by atoms with Gasteiger partial charge >= 0.3 is 0 Å². The average molecular weight is 328 g/mol. The van der Waals surface area contributed by atoms with Gasteiger partial charge in [0, 0.05) is 37.0 Å². The number of rotatable bonds is 6. The Balaban J connectivity index is 2.13. The van der Waals surface area contributed by atoms with Gasteiger partial charge < -0.3 is 16.4 Å². The highest BCUT2D eigenvalue weighted by Crippen LogP contribution is 2.21. The number of carbonyl (C=O) groups is 2. The van der Waals surface area contributed by atoms with E-state index in [4.69, 9.17) is 5.73 Å². The molecule has 2 aromatic rings. The number of nitro benzene ring substituents is 1. The number of anilines is 1. The number of primary amides is 1. The topological polar surface area (TPSA) is 127 Å². The van der Waals surface area contributed by atoms with Crippen LogP contribution in [0, 0.1) is 10.1 Å². The number of amides is 2. The Bertz CT molecular complexity index is 787. The maximum atomic E-state index is 12.3. The van der Waals surface area contributed by atoms with E-state index in [9.17, 15) is 19.7 Å². The SMILES string of the molecule is CNc1ccc([N+](=O)[O-])cc1C(=O)NCc1ccc(C(N)=O)cc1. The Hall–Kier alpha value is -3.42. The zero-order valence-corrected chi connectivity index (χ0v) is 12.9. The minimum absolute atomic E-state index is 0.162. The lowest BCUT2D eigenvalue weighted by Crippen LogP contribution is -2.24. The maximum absolute atomic E-state index is 12.3. The monoisotopic (exact) mass is 328 g/mol. The maximum Gasteiger partial charge on any atom is 0.270 e. The Morgan fingerprint density at radius 2 is 1.83 bits per heavy atom. The third kappa shape index (κ3) is 3.86. The van der Waals surface area contributed by atoms with Gasteiger partial charge in [-0.05, 0) is 23.8 Å². The molecule has 0 unspecified atom stereocenters. The number of nitrogens with two attached hydrogens (primary N) is 1. The second-order valence-corrected chi connectivity index (χ2v) is 4.98. The largest absolute Gasteiger partial charge is 0.387 e. The summed E-state index contributed by atoms with van der Waals surface area (Å²) in [6, 6.07) is 10.5. The summed E-state index contributed by atoms with van der Waals surface area (Å²) in [7, 11) is 1.63. The molecule has 2 amide bonds. The van der Waals surface area contributed by atoms with Crippen LogP contribution in [0.15, 0.2) is 42.5 Å². The van der Waals surface area contributed by atoms with Crippen LogP contribution in [0.3, 0.4) is 0 Å². The minimum Gasteiger partial charge on any atom is -0.387 e. The van der Waals surface area contributed by atoms with Crippen molar-refractivity contribution in [1.82, 2.24) is 5.32 Å². The molecule has 0 saturated carbocycles. The number of nitrogens with one attached hydrogen (secondary N) is 2. The fourth-order valence-corrected chi connectivity index (χ4v) is 2.12. The summed E-state index contributed by atoms with van der Waals surface area (Å²) in [6.07, 6.45) is 0. The lowest BCUT2D eigenvalue weighted by molar-refractivity contribution is -0.384. The summed E-state index contributed by atoms with van der Waals surface area (Å²) in [5.41, 5.74) is 6.81. The molecule has 0 atom stereocenters. The van der Waals surface area contributed by atoms with Crippen molar-refractivity contribution in [3.8, 4) is 0 Å². The van der Waals surface area contributed by atoms with E-state index in [1.54, 1.807) is 31.3 Å². The van der Waals surface area contributed by atoms with Crippen LogP contribution in [0.25, 0.3) is 0 Å². The highest BCUT2D eigenvalue weighted by atomic mass is 16.6. The van der Waals surface area contributed by atoms with Crippen LogP contribution >= 0.6 is 0 Å². The summed E-state index contributed by atoms with van der Waals surface area (Å²) in [4.78, 5) is 33.6. The van der Waals surface area contributed by atoms with E-state index in [2.05, 4.69) is 10.6 Å². The highest BCUT2D eigenvalue weighted by molar-refractivity contribution is 6.00. The van der Waals surface area contributed by atoms with Crippen LogP contribution in [0.5, 0.6) is 0 Å². The number of hydrogen-bond donors (Lipinski definition) is 3. The Morgan fingerprint density at radius 3 is 2.38 bits per heavy atom. The molecular weight excluding hydrogens is 312 g/mol. The van der Waals surface area contributed by atoms with Crippen molar-refractivity contribution in [3.05, 3.63) is 69.3 Å². The van der Waals surface area contributed by atoms with Gasteiger partial charge in [0.05, 0.1) is 10.5 Å². The molecule has 0 heterocycles. The molecule has 4 N–H and O–H groups in total. The van der Waals surface area contributed by atoms with Crippen LogP contribution in [-0.2, 0) is 6.54 Å². The van der Waals surface area contributed by atoms with Gasteiger partial charge in [-0.25, -0.2) is 0 Å². The molecule has 0 spiro atoms. The fraction of sp³-hybridized carbons (Fsp3) is 0.125. The molecule has 0 radical (unpaired) electrons. The van der Waals surface area contributed by atoms with Crippen LogP contribution in [0.1, 0.15) is 26.3 Å². The van der Waals surface area contributed by atoms with Gasteiger partial charge in [0.25, 0.3) is 11.6 Å². The number of non-ortho nitro benzene ring substituents is 1. The standard InChI is InChI=1S/C16H16N4O4/c1-18-14-7-6-12(20(23)24)8-13(14)16(22)19-9-10-2-4-11(5-3-10)15(17)21/h2-8,18H,9H2,1H3,(H2,17,21)(H,19,22). The summed E-state index contributed by atoms with van der Waals surface area (Å²) < 4.78 is 0. The van der Waals surface area contributed by atoms with Crippen molar-refractivity contribution in [2.45, 2.75) is 6.54 Å². The van der Waals surface area contributed by atoms with E-state index >= 15 is 0 Å². The molecule has 0 fully saturated rings. The molecule has 0 saturated heterocycles. The van der Waals surface area contributed by atoms with Crippen LogP contribution in [0.4, 0.5) is 11.4 Å². The number of hydrogen-bond acceptors (Lipinski definition) is 5. The number of nitro groups is 1. The van der Waals surface area contributed by atoms with Crippen LogP contribution in [0.2, 0.25) is 0 Å². The number of nitrogens with zero attached hydrogens (tertiary/aromatic N) is 1. The Morgan fingerprint density at radius 1 is 1.17 bits per heavy atom. The van der Waals surface area contributed by atoms with Crippen molar-refractivity contribution in [1.29, 1.82) is 0 Å². The van der Waals surface area contributed by atoms with Gasteiger partial charge in [-0.2, -0.15) is 0 Å². The highest BCUT2D eigenvalue weighted by Gasteiger charge is 2.16. The van der Waals surface area contributed by atoms with Crippen LogP contribution < -0.4 is 16.4 Å². The van der Waals surface area contributed by atoms with Crippen LogP contribution in [-0.4, -0.2) is 23.8 Å². The molecule has 0 aliphatic carbocycles. The lowest BCUT2D eigenvalue weighted by Gasteiger charge is -2.10. The lowest BCUT2D eigenvalue weighted by atomic mass is 10.1. The van der Waals surface area contributed by atoms with Gasteiger partial charge in [0.15, 0.2) is 0 Å². The van der Waals surface area contributed by atoms with Crippen molar-refractivity contribution in [3.63, 3.8) is 0 Å². The second-order valence-electron chi connectivity index (χ2n) is 4.98. The molecule has 0 aliphatic heterocycles. The molecule has 8 nitrogen and oxygen atoms in total. The fourth-order valence-electron chi connectivity index (χ4n) is 2.12. The van der Waals surface area contributed by atoms with Gasteiger partial charge in [-0.1, -0.05) is 12.1 Å². The average Bonchev–Trinajstić information content (AvgIpc) is 2.59. The smallest absolute Gasteiger partial charge is 0.270 e. The molecule has 24 heavy (non-hydrogen) atoms. The molecule has 2 rings (SSSR count). The molecule has 124 valence electrons. The van der Waals surface area contributed by atoms with Gasteiger partial charge in [0.1, 0.15) is 0 Å². The van der Waals surface area contributed by atoms with Gasteiger partial charge in [0.2, 0.25) is 5.91 Å². The van der Waals surface area contributed by atoms with E-state index in [0.29, 0.717) is 11.3 Å². The quantitative estimate of drug-likeness (QED) is 0.549. The molecule has 8 heteroatoms. The van der Waals surface area contributed by atoms with E-state index in [-0.39, 0.29) is 17.8 Å². The van der Waals surface area contributed by atoms with E-state index in [1.807, 2.05) is 0 Å². The second kappa shape index (κ2) is 7.23. The summed E-state index contributed by atoms with van der Waals surface area (Å²) in [5.74, 6) is -0.970. The van der Waals surface area contributed by atoms with E-state index < -0.39 is 16.7 Å². The third-order valence-electron chi connectivity index (χ3n) is 3.42. The van der Waals surface area contributed by atoms with E-state index in [1.165, 1.54) is 18.2 Å². The molecular formula is C16H16N4O4. The first-order valence-electron chi connectivity index (χ1n) is 7.05. The van der Waals surface area contributed by atoms with Crippen molar-refractivity contribution < 1.29 is 14.5 Å². The summed E-state index contributed by atoms with van der Waals surface area (Å²) in [5, 5.41) is 16.4. The predicted octanol–water partition coefficient (Wildman–Crippen LogP) is 1.67. The summed E-state index contributed by atoms with van der Waals surface area (Å²) >= 11 is 0. The summed E-state index contributed by atoms with van der Waals surface area (Å²) in [6.45, 7) is 0.212. The molecule has 0 bridgehead atoms. The minimum atomic E-state index is -0.557.